The molecule has 0 saturated heterocycles. The van der Waals surface area contributed by atoms with E-state index in [2.05, 4.69) is 0 Å². The van der Waals surface area contributed by atoms with E-state index in [1.54, 1.807) is 32.4 Å². The number of benzene rings is 1. The molecule has 1 aliphatic rings. The lowest BCUT2D eigenvalue weighted by Crippen LogP contribution is -2.50. The van der Waals surface area contributed by atoms with E-state index in [1.165, 1.54) is 0 Å². The smallest absolute Gasteiger partial charge is 0.237 e. The first-order chi connectivity index (χ1) is 9.46. The summed E-state index contributed by atoms with van der Waals surface area (Å²) in [4.78, 5) is 11.3. The van der Waals surface area contributed by atoms with Crippen molar-refractivity contribution < 1.29 is 19.0 Å². The Labute approximate surface area is 118 Å². The molecule has 20 heavy (non-hydrogen) atoms. The van der Waals surface area contributed by atoms with Gasteiger partial charge in [-0.2, -0.15) is 0 Å². The van der Waals surface area contributed by atoms with Crippen molar-refractivity contribution in [1.82, 2.24) is 0 Å². The van der Waals surface area contributed by atoms with Crippen molar-refractivity contribution in [1.29, 1.82) is 0 Å². The van der Waals surface area contributed by atoms with Crippen LogP contribution in [-0.4, -0.2) is 31.8 Å². The average molecular weight is 280 g/mol. The highest BCUT2D eigenvalue weighted by Gasteiger charge is 2.41. The largest absolute Gasteiger partial charge is 0.496 e. The predicted octanol–water partition coefficient (Wildman–Crippen LogP) is 0.818. The van der Waals surface area contributed by atoms with Crippen LogP contribution in [0.1, 0.15) is 19.3 Å². The molecule has 0 aliphatic heterocycles. The fourth-order valence-electron chi connectivity index (χ4n) is 2.40. The second-order valence-electron chi connectivity index (χ2n) is 5.05. The van der Waals surface area contributed by atoms with Crippen LogP contribution >= 0.6 is 0 Å². The molecule has 6 nitrogen and oxygen atoms in total. The molecular formula is C14H20N2O4. The lowest BCUT2D eigenvalue weighted by Gasteiger charge is -2.20. The number of nitrogens with two attached hydrogens (primary N) is 2. The quantitative estimate of drug-likeness (QED) is 0.832. The third kappa shape index (κ3) is 2.96. The van der Waals surface area contributed by atoms with Crippen molar-refractivity contribution in [2.45, 2.75) is 30.9 Å². The molecule has 0 heterocycles. The van der Waals surface area contributed by atoms with E-state index in [9.17, 15) is 4.79 Å². The molecule has 1 saturated carbocycles. The van der Waals surface area contributed by atoms with E-state index < -0.39 is 11.4 Å². The van der Waals surface area contributed by atoms with E-state index in [-0.39, 0.29) is 6.10 Å². The fraction of sp³-hybridized carbons (Fsp3) is 0.500. The number of carbonyl (C=O) groups is 1. The maximum atomic E-state index is 11.3. The van der Waals surface area contributed by atoms with Crippen LogP contribution in [0.15, 0.2) is 18.2 Å². The van der Waals surface area contributed by atoms with Gasteiger partial charge in [0.1, 0.15) is 23.4 Å². The maximum Gasteiger partial charge on any atom is 0.237 e. The Morgan fingerprint density at radius 1 is 1.20 bits per heavy atom. The number of hydrogen-bond donors (Lipinski definition) is 2. The first kappa shape index (κ1) is 14.5. The number of rotatable bonds is 5. The topological polar surface area (TPSA) is 96.8 Å². The van der Waals surface area contributed by atoms with Crippen LogP contribution in [0, 0.1) is 0 Å². The molecule has 0 bridgehead atoms. The Bertz CT molecular complexity index is 484. The summed E-state index contributed by atoms with van der Waals surface area (Å²) in [7, 11) is 3.15. The summed E-state index contributed by atoms with van der Waals surface area (Å²) in [5, 5.41) is 0. The Morgan fingerprint density at radius 3 is 2.20 bits per heavy atom. The van der Waals surface area contributed by atoms with Crippen LogP contribution in [0.2, 0.25) is 0 Å². The molecule has 6 heteroatoms. The van der Waals surface area contributed by atoms with Gasteiger partial charge >= 0.3 is 0 Å². The summed E-state index contributed by atoms with van der Waals surface area (Å²) in [5.74, 6) is 1.43. The summed E-state index contributed by atoms with van der Waals surface area (Å²) in [6.45, 7) is 0. The van der Waals surface area contributed by atoms with Gasteiger partial charge in [0.2, 0.25) is 5.91 Å². The molecule has 2 unspecified atom stereocenters. The molecule has 2 atom stereocenters. The second kappa shape index (κ2) is 5.58. The number of methoxy groups -OCH3 is 2. The van der Waals surface area contributed by atoms with Crippen molar-refractivity contribution in [3.8, 4) is 17.2 Å². The molecule has 0 aromatic heterocycles. The molecule has 1 aliphatic carbocycles. The van der Waals surface area contributed by atoms with Gasteiger partial charge in [0.25, 0.3) is 0 Å². The highest BCUT2D eigenvalue weighted by molar-refractivity contribution is 5.84. The predicted molar refractivity (Wildman–Crippen MR) is 73.9 cm³/mol. The number of hydrogen-bond acceptors (Lipinski definition) is 5. The van der Waals surface area contributed by atoms with Gasteiger partial charge < -0.3 is 25.7 Å². The van der Waals surface area contributed by atoms with Crippen molar-refractivity contribution in [3.63, 3.8) is 0 Å². The second-order valence-corrected chi connectivity index (χ2v) is 5.05. The molecule has 2 rings (SSSR count). The van der Waals surface area contributed by atoms with E-state index in [1.807, 2.05) is 0 Å². The summed E-state index contributed by atoms with van der Waals surface area (Å²) >= 11 is 0. The summed E-state index contributed by atoms with van der Waals surface area (Å²) in [6.07, 6.45) is 1.51. The average Bonchev–Trinajstić information content (AvgIpc) is 2.81. The van der Waals surface area contributed by atoms with Crippen molar-refractivity contribution in [2.75, 3.05) is 14.2 Å². The molecule has 0 spiro atoms. The minimum Gasteiger partial charge on any atom is -0.496 e. The van der Waals surface area contributed by atoms with E-state index in [0.717, 1.165) is 0 Å². The van der Waals surface area contributed by atoms with Gasteiger partial charge in [0, 0.05) is 24.6 Å². The SMILES string of the molecule is COc1cc(OC)cc(OC2CCC(N)(C(N)=O)C2)c1. The number of primary amides is 1. The zero-order valence-corrected chi connectivity index (χ0v) is 11.7. The standard InChI is InChI=1S/C14H20N2O4/c1-18-10-5-11(19-2)7-12(6-10)20-9-3-4-14(16,8-9)13(15)17/h5-7,9H,3-4,8,16H2,1-2H3,(H2,15,17). The van der Waals surface area contributed by atoms with Crippen LogP contribution < -0.4 is 25.7 Å². The van der Waals surface area contributed by atoms with Gasteiger partial charge in [-0.1, -0.05) is 0 Å². The van der Waals surface area contributed by atoms with Gasteiger partial charge in [-0.15, -0.1) is 0 Å². The normalized spacial score (nSPS) is 25.2. The van der Waals surface area contributed by atoms with Gasteiger partial charge in [-0.05, 0) is 12.8 Å². The zero-order valence-electron chi connectivity index (χ0n) is 11.7. The third-order valence-corrected chi connectivity index (χ3v) is 3.62. The minimum absolute atomic E-state index is 0.135. The molecule has 4 N–H and O–H groups in total. The summed E-state index contributed by atoms with van der Waals surface area (Å²) in [6, 6.07) is 5.30. The van der Waals surface area contributed by atoms with Crippen molar-refractivity contribution in [3.05, 3.63) is 18.2 Å². The number of amides is 1. The van der Waals surface area contributed by atoms with E-state index >= 15 is 0 Å². The third-order valence-electron chi connectivity index (χ3n) is 3.62. The van der Waals surface area contributed by atoms with Gasteiger partial charge in [0.05, 0.1) is 19.8 Å². The molecule has 1 fully saturated rings. The van der Waals surface area contributed by atoms with Crippen molar-refractivity contribution >= 4 is 5.91 Å². The molecule has 110 valence electrons. The highest BCUT2D eigenvalue weighted by atomic mass is 16.5. The van der Waals surface area contributed by atoms with Crippen LogP contribution in [0.4, 0.5) is 0 Å². The number of carbonyl (C=O) groups excluding carboxylic acids is 1. The fourth-order valence-corrected chi connectivity index (χ4v) is 2.40. The minimum atomic E-state index is -0.965. The first-order valence-electron chi connectivity index (χ1n) is 6.45. The molecule has 0 radical (unpaired) electrons. The first-order valence-corrected chi connectivity index (χ1v) is 6.45. The molecule has 1 aromatic rings. The van der Waals surface area contributed by atoms with E-state index in [4.69, 9.17) is 25.7 Å². The number of ether oxygens (including phenoxy) is 3. The lowest BCUT2D eigenvalue weighted by atomic mass is 9.99. The monoisotopic (exact) mass is 280 g/mol. The Hall–Kier alpha value is -1.95. The Balaban J connectivity index is 2.09. The van der Waals surface area contributed by atoms with Crippen LogP contribution in [0.25, 0.3) is 0 Å². The molecule has 1 amide bonds. The molecule has 1 aromatic carbocycles. The summed E-state index contributed by atoms with van der Waals surface area (Å²) < 4.78 is 16.2. The van der Waals surface area contributed by atoms with Gasteiger partial charge in [-0.3, -0.25) is 4.79 Å². The highest BCUT2D eigenvalue weighted by Crippen LogP contribution is 2.33. The lowest BCUT2D eigenvalue weighted by molar-refractivity contribution is -0.123. The summed E-state index contributed by atoms with van der Waals surface area (Å²) in [5.41, 5.74) is 10.3. The van der Waals surface area contributed by atoms with Crippen LogP contribution in [0.5, 0.6) is 17.2 Å². The maximum absolute atomic E-state index is 11.3. The van der Waals surface area contributed by atoms with Crippen LogP contribution in [-0.2, 0) is 4.79 Å². The van der Waals surface area contributed by atoms with E-state index in [0.29, 0.717) is 36.5 Å². The van der Waals surface area contributed by atoms with Gasteiger partial charge in [0.15, 0.2) is 0 Å². The zero-order chi connectivity index (χ0) is 14.8. The van der Waals surface area contributed by atoms with Crippen LogP contribution in [0.3, 0.4) is 0 Å². The Kier molecular flexibility index (Phi) is 4.04. The Morgan fingerprint density at radius 2 is 1.75 bits per heavy atom. The van der Waals surface area contributed by atoms with Crippen molar-refractivity contribution in [2.24, 2.45) is 11.5 Å². The van der Waals surface area contributed by atoms with Gasteiger partial charge in [-0.25, -0.2) is 0 Å². The molecular weight excluding hydrogens is 260 g/mol.